The van der Waals surface area contributed by atoms with E-state index >= 15 is 0 Å². The summed E-state index contributed by atoms with van der Waals surface area (Å²) in [4.78, 5) is 9.06. The number of rotatable bonds is 6. The van der Waals surface area contributed by atoms with E-state index in [4.69, 9.17) is 7.16 Å². The molecule has 241 valence electrons. The van der Waals surface area contributed by atoms with Gasteiger partial charge in [-0.05, 0) is 52.8 Å². The molecule has 0 fully saturated rings. The van der Waals surface area contributed by atoms with Crippen LogP contribution in [0.15, 0.2) is 89.6 Å². The maximum Gasteiger partial charge on any atom is 0.120 e. The fraction of sp³-hybridized carbons (Fsp3) is 0.300. The molecule has 0 spiro atoms. The van der Waals surface area contributed by atoms with Crippen LogP contribution in [0.4, 0.5) is 4.39 Å². The van der Waals surface area contributed by atoms with Gasteiger partial charge in [-0.1, -0.05) is 107 Å². The zero-order valence-corrected chi connectivity index (χ0v) is 31.3. The fourth-order valence-corrected chi connectivity index (χ4v) is 7.04. The summed E-state index contributed by atoms with van der Waals surface area (Å²) in [5, 5.41) is 3.49. The molecule has 0 unspecified atom stereocenters. The van der Waals surface area contributed by atoms with Crippen LogP contribution in [0.2, 0.25) is 19.6 Å². The average molecular weight is 809 g/mol. The molecule has 6 rings (SSSR count). The minimum Gasteiger partial charge on any atom is -0.501 e. The van der Waals surface area contributed by atoms with Crippen LogP contribution in [0.5, 0.6) is 0 Å². The summed E-state index contributed by atoms with van der Waals surface area (Å²) < 4.78 is 36.2. The number of benzene rings is 3. The van der Waals surface area contributed by atoms with Crippen LogP contribution in [0.1, 0.15) is 48.5 Å². The Balaban J connectivity index is 0.000000218. The summed E-state index contributed by atoms with van der Waals surface area (Å²) in [6.45, 7) is 17.2. The molecular formula is C40H43FIrN2OSi-2. The second-order valence-electron chi connectivity index (χ2n) is 14.0. The number of furan rings is 1. The molecule has 0 aliphatic rings. The first-order valence-electron chi connectivity index (χ1n) is 16.5. The van der Waals surface area contributed by atoms with Gasteiger partial charge in [-0.2, -0.15) is 0 Å². The monoisotopic (exact) mass is 809 g/mol. The maximum absolute atomic E-state index is 13.0. The Morgan fingerprint density at radius 3 is 2.37 bits per heavy atom. The quantitative estimate of drug-likeness (QED) is 0.124. The molecule has 0 aliphatic heterocycles. The molecule has 46 heavy (non-hydrogen) atoms. The summed E-state index contributed by atoms with van der Waals surface area (Å²) in [7, 11) is -1.41. The molecule has 0 saturated carbocycles. The van der Waals surface area contributed by atoms with Crippen LogP contribution in [0.3, 0.4) is 0 Å². The Morgan fingerprint density at radius 2 is 1.70 bits per heavy atom. The molecule has 0 saturated heterocycles. The van der Waals surface area contributed by atoms with Crippen molar-refractivity contribution in [2.45, 2.75) is 67.1 Å². The number of hydrogen-bond donors (Lipinski definition) is 0. The summed E-state index contributed by atoms with van der Waals surface area (Å²) in [5.74, 6) is 0.340. The van der Waals surface area contributed by atoms with Crippen molar-refractivity contribution in [2.75, 3.05) is 0 Å². The minimum absolute atomic E-state index is 0. The third kappa shape index (κ3) is 8.67. The largest absolute Gasteiger partial charge is 0.501 e. The fourth-order valence-electron chi connectivity index (χ4n) is 5.45. The van der Waals surface area contributed by atoms with E-state index in [1.807, 2.05) is 69.4 Å². The molecule has 0 amide bonds. The molecule has 0 atom stereocenters. The van der Waals surface area contributed by atoms with Gasteiger partial charge in [0.2, 0.25) is 0 Å². The topological polar surface area (TPSA) is 38.9 Å². The van der Waals surface area contributed by atoms with E-state index in [-0.39, 0.29) is 25.9 Å². The molecule has 1 radical (unpaired) electrons. The second kappa shape index (κ2) is 14.5. The van der Waals surface area contributed by atoms with Crippen molar-refractivity contribution >= 4 is 35.2 Å². The summed E-state index contributed by atoms with van der Waals surface area (Å²) >= 11 is 0. The zero-order chi connectivity index (χ0) is 34.1. The van der Waals surface area contributed by atoms with Gasteiger partial charge in [-0.25, -0.2) is 0 Å². The van der Waals surface area contributed by atoms with E-state index in [1.165, 1.54) is 22.9 Å². The molecule has 0 aliphatic carbocycles. The van der Waals surface area contributed by atoms with Gasteiger partial charge in [0.25, 0.3) is 0 Å². The van der Waals surface area contributed by atoms with Crippen LogP contribution < -0.4 is 5.19 Å². The molecule has 3 aromatic carbocycles. The van der Waals surface area contributed by atoms with Crippen LogP contribution in [-0.4, -0.2) is 18.0 Å². The maximum atomic E-state index is 13.0. The van der Waals surface area contributed by atoms with Crippen molar-refractivity contribution in [3.63, 3.8) is 0 Å². The van der Waals surface area contributed by atoms with E-state index in [2.05, 4.69) is 61.7 Å². The molecule has 3 heterocycles. The predicted molar refractivity (Wildman–Crippen MR) is 189 cm³/mol. The van der Waals surface area contributed by atoms with Gasteiger partial charge in [0, 0.05) is 46.4 Å². The van der Waals surface area contributed by atoms with Crippen molar-refractivity contribution in [1.82, 2.24) is 9.97 Å². The predicted octanol–water partition coefficient (Wildman–Crippen LogP) is 10.5. The van der Waals surface area contributed by atoms with Crippen molar-refractivity contribution in [3.8, 4) is 22.5 Å². The molecule has 3 nitrogen and oxygen atoms in total. The molecular weight excluding hydrogens is 764 g/mol. The minimum atomic E-state index is -1.48. The smallest absolute Gasteiger partial charge is 0.120 e. The van der Waals surface area contributed by atoms with E-state index in [0.29, 0.717) is 17.2 Å². The Morgan fingerprint density at radius 1 is 0.935 bits per heavy atom. The van der Waals surface area contributed by atoms with Crippen LogP contribution in [0.25, 0.3) is 44.5 Å². The Hall–Kier alpha value is -3.44. The summed E-state index contributed by atoms with van der Waals surface area (Å²) in [6.07, 6.45) is 3.25. The molecule has 0 N–H and O–H groups in total. The zero-order valence-electron chi connectivity index (χ0n) is 29.9. The van der Waals surface area contributed by atoms with Crippen molar-refractivity contribution in [2.24, 2.45) is 11.3 Å². The van der Waals surface area contributed by atoms with Gasteiger partial charge < -0.3 is 14.4 Å². The Labute approximate surface area is 290 Å². The number of fused-ring (bicyclic) bond motifs is 3. The molecule has 6 aromatic rings. The van der Waals surface area contributed by atoms with Crippen molar-refractivity contribution in [1.29, 1.82) is 0 Å². The van der Waals surface area contributed by atoms with Gasteiger partial charge >= 0.3 is 0 Å². The Kier molecular flexibility index (Phi) is 10.3. The van der Waals surface area contributed by atoms with Crippen LogP contribution in [-0.2, 0) is 32.9 Å². The molecule has 3 aromatic heterocycles. The van der Waals surface area contributed by atoms with E-state index in [1.54, 1.807) is 18.3 Å². The third-order valence-electron chi connectivity index (χ3n) is 7.35. The van der Waals surface area contributed by atoms with Gasteiger partial charge in [-0.15, -0.1) is 48.0 Å². The summed E-state index contributed by atoms with van der Waals surface area (Å²) in [5.41, 5.74) is 6.17. The van der Waals surface area contributed by atoms with Crippen LogP contribution in [0, 0.1) is 29.3 Å². The summed E-state index contributed by atoms with van der Waals surface area (Å²) in [6, 6.07) is 28.3. The standard InChI is InChI=1S/C22H20NO.C18H23FNSi.Ir/c1-22(2,3)14-15-11-12-23-19(13-15)18-9-6-8-17-16-7-4-5-10-20(16)24-21(17)18;1-13(2)10-15-11-17(14-6-8-16(19)9-7-14)20-12-18(15)21(3,4)5;/h4-8,10-13H,14H2,1-3H3;6,8-9,11-13H,10H2,1-5H3;/q2*-1;/i14D2;;. The second-order valence-corrected chi connectivity index (χ2v) is 19.0. The molecule has 6 heteroatoms. The van der Waals surface area contributed by atoms with Crippen LogP contribution >= 0.6 is 0 Å². The normalized spacial score (nSPS) is 12.7. The first-order chi connectivity index (χ1) is 22.1. The van der Waals surface area contributed by atoms with E-state index in [9.17, 15) is 4.39 Å². The number of halogens is 1. The van der Waals surface area contributed by atoms with Gasteiger partial charge in [0.15, 0.2) is 0 Å². The number of hydrogen-bond acceptors (Lipinski definition) is 3. The SMILES string of the molecule is CC(C)Cc1cc(-c2[c-]cc(F)cc2)ncc1[Si](C)(C)C.[2H]C([2H])(c1ccnc(-c2[c-]ccc3c2oc2ccccc23)c1)C(C)(C)C.[Ir]. The van der Waals surface area contributed by atoms with Gasteiger partial charge in [0.05, 0.1) is 13.7 Å². The third-order valence-corrected chi connectivity index (χ3v) is 9.42. The van der Waals surface area contributed by atoms with Crippen molar-refractivity contribution < 1.29 is 31.7 Å². The number of para-hydroxylation sites is 1. The van der Waals surface area contributed by atoms with Crippen molar-refractivity contribution in [3.05, 3.63) is 114 Å². The number of aromatic nitrogens is 2. The van der Waals surface area contributed by atoms with E-state index < -0.39 is 19.9 Å². The number of nitrogens with zero attached hydrogens (tertiary/aromatic N) is 2. The van der Waals surface area contributed by atoms with E-state index in [0.717, 1.165) is 45.2 Å². The first-order valence-corrected chi connectivity index (χ1v) is 19.0. The van der Waals surface area contributed by atoms with Gasteiger partial charge in [0.1, 0.15) is 5.58 Å². The molecule has 0 bridgehead atoms. The van der Waals surface area contributed by atoms with Gasteiger partial charge in [-0.3, -0.25) is 4.39 Å². The first kappa shape index (κ1) is 32.5. The average Bonchev–Trinajstić information content (AvgIpc) is 3.39. The Bertz CT molecular complexity index is 2010. The number of pyridine rings is 2.